The van der Waals surface area contributed by atoms with Crippen molar-refractivity contribution in [3.63, 3.8) is 0 Å². The topological polar surface area (TPSA) is 73.2 Å². The van der Waals surface area contributed by atoms with Crippen LogP contribution in [0.4, 0.5) is 5.69 Å². The molecular weight excluding hydrogens is 314 g/mol. The molecule has 0 radical (unpaired) electrons. The first-order chi connectivity index (χ1) is 12.0. The molecule has 2 aromatic carbocycles. The Morgan fingerprint density at radius 3 is 2.72 bits per heavy atom. The van der Waals surface area contributed by atoms with Crippen LogP contribution in [0, 0.1) is 25.2 Å². The van der Waals surface area contributed by atoms with Crippen molar-refractivity contribution in [2.75, 3.05) is 11.4 Å². The van der Waals surface area contributed by atoms with E-state index in [-0.39, 0.29) is 11.8 Å². The average molecular weight is 333 g/mol. The van der Waals surface area contributed by atoms with Gasteiger partial charge in [0.05, 0.1) is 11.6 Å². The van der Waals surface area contributed by atoms with Gasteiger partial charge in [-0.15, -0.1) is 0 Å². The summed E-state index contributed by atoms with van der Waals surface area (Å²) in [5.74, 6) is -0.439. The average Bonchev–Trinajstić information content (AvgIpc) is 2.98. The molecule has 1 heterocycles. The fraction of sp³-hybridized carbons (Fsp3) is 0.250. The monoisotopic (exact) mass is 333 g/mol. The van der Waals surface area contributed by atoms with Crippen molar-refractivity contribution >= 4 is 17.5 Å². The molecule has 0 aromatic heterocycles. The molecule has 0 saturated carbocycles. The Kier molecular flexibility index (Phi) is 4.53. The zero-order chi connectivity index (χ0) is 18.0. The maximum atomic E-state index is 12.7. The summed E-state index contributed by atoms with van der Waals surface area (Å²) in [6, 6.07) is 13.8. The Labute approximate surface area is 146 Å². The Morgan fingerprint density at radius 2 is 2.00 bits per heavy atom. The zero-order valence-corrected chi connectivity index (χ0v) is 14.2. The van der Waals surface area contributed by atoms with Crippen LogP contribution in [0.3, 0.4) is 0 Å². The number of hydrogen-bond donors (Lipinski definition) is 1. The first-order valence-corrected chi connectivity index (χ1v) is 8.19. The molecule has 1 N–H and O–H groups in total. The van der Waals surface area contributed by atoms with Gasteiger partial charge in [0.25, 0.3) is 5.91 Å². The highest BCUT2D eigenvalue weighted by atomic mass is 16.2. The standard InChI is InChI=1S/C20H19N3O2/c1-13-6-7-17(10-14(13)2)23-9-8-18(20(23)25)22-19(24)16-5-3-4-15(11-16)12-21/h3-7,10-11,18H,8-9H2,1-2H3,(H,22,24)/t18-/m1/s1. The van der Waals surface area contributed by atoms with E-state index in [1.165, 1.54) is 11.6 Å². The molecule has 25 heavy (non-hydrogen) atoms. The molecule has 0 bridgehead atoms. The molecule has 1 saturated heterocycles. The van der Waals surface area contributed by atoms with Crippen LogP contribution < -0.4 is 10.2 Å². The number of carbonyl (C=O) groups excluding carboxylic acids is 2. The second kappa shape index (κ2) is 6.78. The lowest BCUT2D eigenvalue weighted by Crippen LogP contribution is -2.41. The summed E-state index contributed by atoms with van der Waals surface area (Å²) in [7, 11) is 0. The van der Waals surface area contributed by atoms with Crippen molar-refractivity contribution < 1.29 is 9.59 Å². The number of hydrogen-bond acceptors (Lipinski definition) is 3. The van der Waals surface area contributed by atoms with Gasteiger partial charge in [0.2, 0.25) is 5.91 Å². The number of carbonyl (C=O) groups is 2. The van der Waals surface area contributed by atoms with Gasteiger partial charge in [-0.25, -0.2) is 0 Å². The third kappa shape index (κ3) is 3.38. The van der Waals surface area contributed by atoms with Crippen LogP contribution in [0.5, 0.6) is 0 Å². The molecule has 1 aliphatic heterocycles. The van der Waals surface area contributed by atoms with Crippen molar-refractivity contribution in [2.45, 2.75) is 26.3 Å². The summed E-state index contributed by atoms with van der Waals surface area (Å²) in [5.41, 5.74) is 3.97. The molecule has 5 heteroatoms. The number of anilines is 1. The van der Waals surface area contributed by atoms with Crippen LogP contribution >= 0.6 is 0 Å². The Morgan fingerprint density at radius 1 is 1.20 bits per heavy atom. The van der Waals surface area contributed by atoms with Crippen molar-refractivity contribution in [1.82, 2.24) is 5.32 Å². The maximum absolute atomic E-state index is 12.7. The van der Waals surface area contributed by atoms with E-state index in [1.54, 1.807) is 23.1 Å². The van der Waals surface area contributed by atoms with Crippen LogP contribution in [0.1, 0.15) is 33.5 Å². The highest BCUT2D eigenvalue weighted by Crippen LogP contribution is 2.24. The normalized spacial score (nSPS) is 16.6. The third-order valence-corrected chi connectivity index (χ3v) is 4.57. The van der Waals surface area contributed by atoms with Crippen molar-refractivity contribution in [3.05, 3.63) is 64.7 Å². The molecule has 2 aromatic rings. The van der Waals surface area contributed by atoms with Gasteiger partial charge < -0.3 is 10.2 Å². The quantitative estimate of drug-likeness (QED) is 0.938. The number of rotatable bonds is 3. The van der Waals surface area contributed by atoms with Gasteiger partial charge in [0.1, 0.15) is 6.04 Å². The van der Waals surface area contributed by atoms with Gasteiger partial charge >= 0.3 is 0 Å². The second-order valence-corrected chi connectivity index (χ2v) is 6.27. The smallest absolute Gasteiger partial charge is 0.251 e. The fourth-order valence-corrected chi connectivity index (χ4v) is 2.94. The second-order valence-electron chi connectivity index (χ2n) is 6.27. The first-order valence-electron chi connectivity index (χ1n) is 8.19. The highest BCUT2D eigenvalue weighted by Gasteiger charge is 2.33. The minimum atomic E-state index is -0.542. The van der Waals surface area contributed by atoms with Crippen LogP contribution in [0.2, 0.25) is 0 Å². The largest absolute Gasteiger partial charge is 0.340 e. The molecule has 0 unspecified atom stereocenters. The van der Waals surface area contributed by atoms with Gasteiger partial charge in [0, 0.05) is 17.8 Å². The van der Waals surface area contributed by atoms with E-state index >= 15 is 0 Å². The number of nitrogens with zero attached hydrogens (tertiary/aromatic N) is 2. The predicted molar refractivity (Wildman–Crippen MR) is 95.3 cm³/mol. The van der Waals surface area contributed by atoms with Gasteiger partial charge in [0.15, 0.2) is 0 Å². The molecule has 1 aliphatic rings. The number of nitriles is 1. The van der Waals surface area contributed by atoms with Crippen molar-refractivity contribution in [3.8, 4) is 6.07 Å². The van der Waals surface area contributed by atoms with Crippen LogP contribution in [0.15, 0.2) is 42.5 Å². The van der Waals surface area contributed by atoms with E-state index in [0.717, 1.165) is 11.3 Å². The molecule has 126 valence electrons. The van der Waals surface area contributed by atoms with Crippen molar-refractivity contribution in [2.24, 2.45) is 0 Å². The lowest BCUT2D eigenvalue weighted by atomic mass is 10.1. The number of benzene rings is 2. The zero-order valence-electron chi connectivity index (χ0n) is 14.2. The molecule has 2 amide bonds. The summed E-state index contributed by atoms with van der Waals surface area (Å²) in [6.45, 7) is 4.62. The predicted octanol–water partition coefficient (Wildman–Crippen LogP) is 2.71. The number of aryl methyl sites for hydroxylation is 2. The summed E-state index contributed by atoms with van der Waals surface area (Å²) < 4.78 is 0. The molecule has 5 nitrogen and oxygen atoms in total. The number of amides is 2. The lowest BCUT2D eigenvalue weighted by Gasteiger charge is -2.18. The van der Waals surface area contributed by atoms with Gasteiger partial charge in [-0.3, -0.25) is 9.59 Å². The molecule has 0 spiro atoms. The molecular formula is C20H19N3O2. The first kappa shape index (κ1) is 16.7. The lowest BCUT2D eigenvalue weighted by molar-refractivity contribution is -0.118. The van der Waals surface area contributed by atoms with E-state index in [4.69, 9.17) is 5.26 Å². The number of nitrogens with one attached hydrogen (secondary N) is 1. The fourth-order valence-electron chi connectivity index (χ4n) is 2.94. The summed E-state index contributed by atoms with van der Waals surface area (Å²) in [6.07, 6.45) is 0.565. The molecule has 3 rings (SSSR count). The van der Waals surface area contributed by atoms with Gasteiger partial charge in [-0.2, -0.15) is 5.26 Å². The van der Waals surface area contributed by atoms with Crippen LogP contribution in [-0.2, 0) is 4.79 Å². The van der Waals surface area contributed by atoms with Crippen molar-refractivity contribution in [1.29, 1.82) is 5.26 Å². The maximum Gasteiger partial charge on any atom is 0.251 e. The Bertz CT molecular complexity index is 883. The minimum absolute atomic E-state index is 0.104. The highest BCUT2D eigenvalue weighted by molar-refractivity contribution is 6.04. The van der Waals surface area contributed by atoms with E-state index in [9.17, 15) is 9.59 Å². The Balaban J connectivity index is 1.72. The minimum Gasteiger partial charge on any atom is -0.340 e. The summed E-state index contributed by atoms with van der Waals surface area (Å²) >= 11 is 0. The molecule has 1 fully saturated rings. The van der Waals surface area contributed by atoms with E-state index in [2.05, 4.69) is 5.32 Å². The molecule has 0 aliphatic carbocycles. The van der Waals surface area contributed by atoms with Crippen LogP contribution in [0.25, 0.3) is 0 Å². The summed E-state index contributed by atoms with van der Waals surface area (Å²) in [4.78, 5) is 26.7. The van der Waals surface area contributed by atoms with Crippen LogP contribution in [-0.4, -0.2) is 24.4 Å². The van der Waals surface area contributed by atoms with Gasteiger partial charge in [-0.05, 0) is 61.7 Å². The van der Waals surface area contributed by atoms with E-state index in [1.807, 2.05) is 38.1 Å². The van der Waals surface area contributed by atoms with Gasteiger partial charge in [-0.1, -0.05) is 12.1 Å². The third-order valence-electron chi connectivity index (χ3n) is 4.57. The van der Waals surface area contributed by atoms with E-state index in [0.29, 0.717) is 24.1 Å². The molecule has 1 atom stereocenters. The Hall–Kier alpha value is -3.13. The SMILES string of the molecule is Cc1ccc(N2CC[C@@H](NC(=O)c3cccc(C#N)c3)C2=O)cc1C. The summed E-state index contributed by atoms with van der Waals surface area (Å²) in [5, 5.41) is 11.7. The van der Waals surface area contributed by atoms with E-state index < -0.39 is 6.04 Å².